The van der Waals surface area contributed by atoms with Crippen LogP contribution in [-0.4, -0.2) is 26.5 Å². The van der Waals surface area contributed by atoms with Crippen molar-refractivity contribution in [1.29, 1.82) is 0 Å². The van der Waals surface area contributed by atoms with Gasteiger partial charge >= 0.3 is 5.69 Å². The van der Waals surface area contributed by atoms with Crippen molar-refractivity contribution < 1.29 is 8.78 Å². The highest BCUT2D eigenvalue weighted by Gasteiger charge is 2.38. The van der Waals surface area contributed by atoms with Gasteiger partial charge in [-0.1, -0.05) is 6.07 Å². The van der Waals surface area contributed by atoms with E-state index in [1.54, 1.807) is 25.1 Å². The summed E-state index contributed by atoms with van der Waals surface area (Å²) < 4.78 is 27.9. The number of pyridine rings is 1. The van der Waals surface area contributed by atoms with Crippen LogP contribution < -0.4 is 16.6 Å². The lowest BCUT2D eigenvalue weighted by Crippen LogP contribution is -2.43. The molecule has 0 bridgehead atoms. The summed E-state index contributed by atoms with van der Waals surface area (Å²) in [5.41, 5.74) is 0.285. The maximum Gasteiger partial charge on any atom is 0.335 e. The lowest BCUT2D eigenvalue weighted by atomic mass is 9.79. The molecule has 0 aromatic carbocycles. The smallest absolute Gasteiger partial charge is 0.335 e. The van der Waals surface area contributed by atoms with Crippen LogP contribution >= 0.6 is 0 Å². The molecular formula is C19H22F2N4O2. The van der Waals surface area contributed by atoms with Gasteiger partial charge in [-0.05, 0) is 50.7 Å². The molecule has 1 fully saturated rings. The second-order valence-corrected chi connectivity index (χ2v) is 7.54. The van der Waals surface area contributed by atoms with E-state index in [0.29, 0.717) is 48.6 Å². The van der Waals surface area contributed by atoms with E-state index in [1.165, 1.54) is 0 Å². The maximum atomic E-state index is 13.4. The average Bonchev–Trinajstić information content (AvgIpc) is 2.61. The second kappa shape index (κ2) is 6.58. The first-order valence-electron chi connectivity index (χ1n) is 9.31. The first-order valence-corrected chi connectivity index (χ1v) is 9.31. The van der Waals surface area contributed by atoms with E-state index in [1.807, 2.05) is 0 Å². The molecule has 2 aliphatic rings. The van der Waals surface area contributed by atoms with Crippen LogP contribution in [-0.2, 0) is 6.42 Å². The summed E-state index contributed by atoms with van der Waals surface area (Å²) in [5.74, 6) is -1.73. The highest BCUT2D eigenvalue weighted by molar-refractivity contribution is 5.47. The Bertz CT molecular complexity index is 972. The predicted molar refractivity (Wildman–Crippen MR) is 97.8 cm³/mol. The molecule has 0 unspecified atom stereocenters. The molecule has 0 spiro atoms. The Balaban J connectivity index is 1.63. The van der Waals surface area contributed by atoms with Gasteiger partial charge in [-0.25, -0.2) is 23.1 Å². The monoisotopic (exact) mass is 376 g/mol. The molecule has 3 heterocycles. The first kappa shape index (κ1) is 17.9. The minimum absolute atomic E-state index is 0.00315. The highest BCUT2D eigenvalue weighted by Crippen LogP contribution is 2.39. The van der Waals surface area contributed by atoms with Crippen LogP contribution in [0.1, 0.15) is 43.4 Å². The molecule has 6 nitrogen and oxygen atoms in total. The average molecular weight is 376 g/mol. The number of aromatic nitrogens is 3. The van der Waals surface area contributed by atoms with Crippen molar-refractivity contribution in [2.75, 3.05) is 5.32 Å². The molecule has 1 aliphatic carbocycles. The number of hydrogen-bond donors (Lipinski definition) is 2. The van der Waals surface area contributed by atoms with Gasteiger partial charge in [0.05, 0.1) is 5.56 Å². The number of nitrogens with zero attached hydrogens (tertiary/aromatic N) is 2. The Morgan fingerprint density at radius 2 is 1.93 bits per heavy atom. The summed E-state index contributed by atoms with van der Waals surface area (Å²) in [6.45, 7) is 1.79. The van der Waals surface area contributed by atoms with Crippen LogP contribution in [0.4, 0.5) is 14.6 Å². The SMILES string of the molecule is Cc1cccc(-n2c(=O)[nH]c3c(c2=O)CC[C@H](C2CCC(F)(F)CC2)N3)n1. The van der Waals surface area contributed by atoms with Crippen LogP contribution in [0.15, 0.2) is 27.8 Å². The molecule has 4 rings (SSSR count). The lowest BCUT2D eigenvalue weighted by molar-refractivity contribution is -0.0478. The van der Waals surface area contributed by atoms with Crippen LogP contribution in [0.25, 0.3) is 5.82 Å². The zero-order chi connectivity index (χ0) is 19.2. The molecule has 27 heavy (non-hydrogen) atoms. The van der Waals surface area contributed by atoms with Crippen molar-refractivity contribution in [3.8, 4) is 5.82 Å². The van der Waals surface area contributed by atoms with Gasteiger partial charge in [0.1, 0.15) is 11.6 Å². The fourth-order valence-electron chi connectivity index (χ4n) is 4.16. The van der Waals surface area contributed by atoms with E-state index in [4.69, 9.17) is 0 Å². The van der Waals surface area contributed by atoms with Gasteiger partial charge in [0, 0.05) is 24.6 Å². The summed E-state index contributed by atoms with van der Waals surface area (Å²) in [5, 5.41) is 3.23. The van der Waals surface area contributed by atoms with Crippen molar-refractivity contribution in [2.24, 2.45) is 5.92 Å². The summed E-state index contributed by atoms with van der Waals surface area (Å²) in [4.78, 5) is 32.4. The molecular weight excluding hydrogens is 354 g/mol. The van der Waals surface area contributed by atoms with Gasteiger partial charge in [-0.3, -0.25) is 9.78 Å². The van der Waals surface area contributed by atoms with Crippen molar-refractivity contribution in [3.63, 3.8) is 0 Å². The summed E-state index contributed by atoms with van der Waals surface area (Å²) in [6, 6.07) is 5.16. The number of alkyl halides is 2. The Kier molecular flexibility index (Phi) is 4.36. The number of fused-ring (bicyclic) bond motifs is 1. The number of halogens is 2. The Hall–Kier alpha value is -2.51. The zero-order valence-corrected chi connectivity index (χ0v) is 15.1. The fraction of sp³-hybridized carbons (Fsp3) is 0.526. The van der Waals surface area contributed by atoms with E-state index < -0.39 is 11.6 Å². The number of nitrogens with one attached hydrogen (secondary N) is 2. The van der Waals surface area contributed by atoms with Crippen molar-refractivity contribution >= 4 is 5.82 Å². The summed E-state index contributed by atoms with van der Waals surface area (Å²) >= 11 is 0. The Labute approximate surface area is 154 Å². The summed E-state index contributed by atoms with van der Waals surface area (Å²) in [6.07, 6.45) is 1.90. The van der Waals surface area contributed by atoms with E-state index in [2.05, 4.69) is 15.3 Å². The van der Waals surface area contributed by atoms with Crippen LogP contribution in [0, 0.1) is 12.8 Å². The van der Waals surface area contributed by atoms with Gasteiger partial charge in [0.25, 0.3) is 5.56 Å². The first-order chi connectivity index (χ1) is 12.8. The van der Waals surface area contributed by atoms with Crippen LogP contribution in [0.3, 0.4) is 0 Å². The molecule has 1 saturated carbocycles. The lowest BCUT2D eigenvalue weighted by Gasteiger charge is -2.37. The molecule has 0 saturated heterocycles. The summed E-state index contributed by atoms with van der Waals surface area (Å²) in [7, 11) is 0. The second-order valence-electron chi connectivity index (χ2n) is 7.54. The number of aryl methyl sites for hydroxylation is 1. The van der Waals surface area contributed by atoms with E-state index in [0.717, 1.165) is 4.57 Å². The Morgan fingerprint density at radius 1 is 1.19 bits per heavy atom. The van der Waals surface area contributed by atoms with E-state index in [-0.39, 0.29) is 30.4 Å². The van der Waals surface area contributed by atoms with E-state index in [9.17, 15) is 18.4 Å². The molecule has 2 N–H and O–H groups in total. The van der Waals surface area contributed by atoms with Crippen LogP contribution in [0.2, 0.25) is 0 Å². The third-order valence-electron chi connectivity index (χ3n) is 5.67. The van der Waals surface area contributed by atoms with Gasteiger partial charge in [0.2, 0.25) is 5.92 Å². The number of hydrogen-bond acceptors (Lipinski definition) is 4. The number of H-pyrrole nitrogens is 1. The van der Waals surface area contributed by atoms with Crippen molar-refractivity contribution in [2.45, 2.75) is 57.4 Å². The highest BCUT2D eigenvalue weighted by atomic mass is 19.3. The standard InChI is InChI=1S/C19H22F2N4O2/c1-11-3-2-4-15(22-11)25-17(26)13-5-6-14(23-16(13)24-18(25)27)12-7-9-19(20,21)10-8-12/h2-4,12,14,23H,5-10H2,1H3,(H,24,27)/t14-/m1/s1. The number of anilines is 1. The van der Waals surface area contributed by atoms with Gasteiger partial charge in [-0.2, -0.15) is 0 Å². The van der Waals surface area contributed by atoms with Gasteiger partial charge in [-0.15, -0.1) is 0 Å². The molecule has 144 valence electrons. The normalized spacial score (nSPS) is 22.1. The molecule has 0 radical (unpaired) electrons. The quantitative estimate of drug-likeness (QED) is 0.845. The molecule has 1 atom stereocenters. The van der Waals surface area contributed by atoms with Crippen molar-refractivity contribution in [3.05, 3.63) is 50.3 Å². The van der Waals surface area contributed by atoms with Gasteiger partial charge < -0.3 is 5.32 Å². The topological polar surface area (TPSA) is 79.8 Å². The third-order valence-corrected chi connectivity index (χ3v) is 5.67. The molecule has 8 heteroatoms. The maximum absolute atomic E-state index is 13.4. The largest absolute Gasteiger partial charge is 0.368 e. The van der Waals surface area contributed by atoms with E-state index >= 15 is 0 Å². The molecule has 0 amide bonds. The fourth-order valence-corrected chi connectivity index (χ4v) is 4.16. The number of aromatic amines is 1. The minimum Gasteiger partial charge on any atom is -0.368 e. The number of rotatable bonds is 2. The van der Waals surface area contributed by atoms with Crippen molar-refractivity contribution in [1.82, 2.24) is 14.5 Å². The molecule has 2 aromatic rings. The minimum atomic E-state index is -2.56. The third kappa shape index (κ3) is 3.40. The zero-order valence-electron chi connectivity index (χ0n) is 15.1. The molecule has 1 aliphatic heterocycles. The Morgan fingerprint density at radius 3 is 2.63 bits per heavy atom. The van der Waals surface area contributed by atoms with Gasteiger partial charge in [0.15, 0.2) is 0 Å². The van der Waals surface area contributed by atoms with Crippen LogP contribution in [0.5, 0.6) is 0 Å². The predicted octanol–water partition coefficient (Wildman–Crippen LogP) is 2.78. The molecule has 2 aromatic heterocycles.